The Balaban J connectivity index is 1.60. The number of rotatable bonds is 6. The van der Waals surface area contributed by atoms with Gasteiger partial charge in [0.05, 0.1) is 30.0 Å². The first kappa shape index (κ1) is 23.6. The summed E-state index contributed by atoms with van der Waals surface area (Å²) in [6, 6.07) is 8.96. The first-order chi connectivity index (χ1) is 16.2. The van der Waals surface area contributed by atoms with Crippen LogP contribution in [0.4, 0.5) is 13.2 Å². The Bertz CT molecular complexity index is 1130. The number of hydrogen-bond donors (Lipinski definition) is 1. The second-order valence-electron chi connectivity index (χ2n) is 8.42. The second-order valence-corrected chi connectivity index (χ2v) is 8.42. The fourth-order valence-corrected chi connectivity index (χ4v) is 4.35. The molecule has 1 aliphatic rings. The van der Waals surface area contributed by atoms with E-state index in [0.29, 0.717) is 35.5 Å². The summed E-state index contributed by atoms with van der Waals surface area (Å²) in [5.74, 6) is 0.509. The highest BCUT2D eigenvalue weighted by Gasteiger charge is 2.40. The number of methoxy groups -OCH3 is 1. The molecule has 3 aromatic rings. The van der Waals surface area contributed by atoms with E-state index < -0.39 is 17.8 Å². The predicted octanol–water partition coefficient (Wildman–Crippen LogP) is 4.82. The average Bonchev–Trinajstić information content (AvgIpc) is 3.48. The summed E-state index contributed by atoms with van der Waals surface area (Å²) >= 11 is 0. The molecule has 1 fully saturated rings. The van der Waals surface area contributed by atoms with E-state index in [-0.39, 0.29) is 23.7 Å². The largest absolute Gasteiger partial charge is 0.496 e. The highest BCUT2D eigenvalue weighted by atomic mass is 19.4. The Morgan fingerprint density at radius 2 is 2.03 bits per heavy atom. The molecular formula is C24H25F3N4O3. The van der Waals surface area contributed by atoms with Crippen molar-refractivity contribution >= 4 is 5.91 Å². The molecule has 0 spiro atoms. The number of nitrogens with zero attached hydrogens (tertiary/aromatic N) is 3. The number of carbonyl (C=O) groups is 1. The van der Waals surface area contributed by atoms with Crippen LogP contribution in [0.1, 0.15) is 36.2 Å². The van der Waals surface area contributed by atoms with Crippen molar-refractivity contribution in [3.8, 4) is 22.9 Å². The fraction of sp³-hybridized carbons (Fsp3) is 0.375. The maximum Gasteiger partial charge on any atom is 0.417 e. The lowest BCUT2D eigenvalue weighted by atomic mass is 10.0. The van der Waals surface area contributed by atoms with Crippen molar-refractivity contribution in [2.24, 2.45) is 5.92 Å². The number of aromatic amines is 1. The number of carbonyl (C=O) groups excluding carboxylic acids is 1. The number of hydrogen-bond acceptors (Lipinski definition) is 5. The highest BCUT2D eigenvalue weighted by Crippen LogP contribution is 2.35. The number of halogens is 3. The lowest BCUT2D eigenvalue weighted by molar-refractivity contribution is -0.137. The number of aromatic nitrogens is 3. The smallest absolute Gasteiger partial charge is 0.417 e. The summed E-state index contributed by atoms with van der Waals surface area (Å²) in [5, 5.41) is 6.88. The number of H-pyrrole nitrogens is 1. The molecule has 10 heteroatoms. The van der Waals surface area contributed by atoms with E-state index in [9.17, 15) is 18.0 Å². The number of nitrogens with one attached hydrogen (secondary N) is 1. The Kier molecular flexibility index (Phi) is 6.49. The topological polar surface area (TPSA) is 80.3 Å². The number of pyridine rings is 1. The van der Waals surface area contributed by atoms with E-state index in [0.717, 1.165) is 12.3 Å². The molecule has 180 valence electrons. The Morgan fingerprint density at radius 3 is 2.65 bits per heavy atom. The first-order valence-electron chi connectivity index (χ1n) is 10.9. The summed E-state index contributed by atoms with van der Waals surface area (Å²) in [4.78, 5) is 19.4. The molecule has 3 atom stereocenters. The van der Waals surface area contributed by atoms with Gasteiger partial charge in [-0.25, -0.2) is 4.98 Å². The predicted molar refractivity (Wildman–Crippen MR) is 119 cm³/mol. The summed E-state index contributed by atoms with van der Waals surface area (Å²) < 4.78 is 49.9. The quantitative estimate of drug-likeness (QED) is 0.554. The van der Waals surface area contributed by atoms with Crippen LogP contribution < -0.4 is 9.47 Å². The minimum Gasteiger partial charge on any atom is -0.496 e. The third kappa shape index (κ3) is 4.71. The summed E-state index contributed by atoms with van der Waals surface area (Å²) in [6.07, 6.45) is -1.93. The summed E-state index contributed by atoms with van der Waals surface area (Å²) in [7, 11) is 1.51. The van der Waals surface area contributed by atoms with E-state index in [1.54, 1.807) is 36.2 Å². The normalized spacial score (nSPS) is 19.2. The van der Waals surface area contributed by atoms with Gasteiger partial charge in [-0.05, 0) is 37.5 Å². The van der Waals surface area contributed by atoms with Gasteiger partial charge in [-0.2, -0.15) is 18.3 Å². The van der Waals surface area contributed by atoms with Gasteiger partial charge < -0.3 is 14.4 Å². The van der Waals surface area contributed by atoms with E-state index in [2.05, 4.69) is 15.2 Å². The van der Waals surface area contributed by atoms with Crippen LogP contribution in [0.2, 0.25) is 0 Å². The van der Waals surface area contributed by atoms with Gasteiger partial charge in [-0.3, -0.25) is 9.89 Å². The number of benzene rings is 1. The lowest BCUT2D eigenvalue weighted by Crippen LogP contribution is -2.44. The minimum atomic E-state index is -4.47. The fourth-order valence-electron chi connectivity index (χ4n) is 4.35. The van der Waals surface area contributed by atoms with Crippen LogP contribution in [0.3, 0.4) is 0 Å². The SMILES string of the molecule is COc1cccc(-c2ccn[nH]2)c1C(=O)N1CC(C)CC1C(C)Oc1ccc(C(F)(F)F)cn1. The van der Waals surface area contributed by atoms with E-state index in [1.165, 1.54) is 13.2 Å². The van der Waals surface area contributed by atoms with Crippen LogP contribution in [0.5, 0.6) is 11.6 Å². The first-order valence-corrected chi connectivity index (χ1v) is 10.9. The van der Waals surface area contributed by atoms with Crippen LogP contribution in [0.15, 0.2) is 48.8 Å². The average molecular weight is 474 g/mol. The zero-order valence-corrected chi connectivity index (χ0v) is 19.0. The van der Waals surface area contributed by atoms with Gasteiger partial charge in [0.25, 0.3) is 5.91 Å². The van der Waals surface area contributed by atoms with Crippen molar-refractivity contribution in [2.45, 2.75) is 38.6 Å². The Hall–Kier alpha value is -3.56. The molecule has 3 heterocycles. The Morgan fingerprint density at radius 1 is 1.24 bits per heavy atom. The van der Waals surface area contributed by atoms with Crippen molar-refractivity contribution in [2.75, 3.05) is 13.7 Å². The lowest BCUT2D eigenvalue weighted by Gasteiger charge is -2.30. The zero-order valence-electron chi connectivity index (χ0n) is 19.0. The van der Waals surface area contributed by atoms with E-state index >= 15 is 0 Å². The molecule has 7 nitrogen and oxygen atoms in total. The summed E-state index contributed by atoms with van der Waals surface area (Å²) in [5.41, 5.74) is 0.914. The maximum atomic E-state index is 13.8. The highest BCUT2D eigenvalue weighted by molar-refractivity contribution is 6.03. The Labute approximate surface area is 194 Å². The molecule has 4 rings (SSSR count). The minimum absolute atomic E-state index is 0.0721. The number of likely N-dealkylation sites (tertiary alicyclic amines) is 1. The van der Waals surface area contributed by atoms with Gasteiger partial charge in [0.2, 0.25) is 5.88 Å². The number of ether oxygens (including phenoxy) is 2. The maximum absolute atomic E-state index is 13.8. The molecule has 1 aliphatic heterocycles. The van der Waals surface area contributed by atoms with Crippen molar-refractivity contribution in [3.63, 3.8) is 0 Å². The van der Waals surface area contributed by atoms with Crippen LogP contribution in [0.25, 0.3) is 11.3 Å². The van der Waals surface area contributed by atoms with Gasteiger partial charge in [0.1, 0.15) is 11.9 Å². The standard InChI is InChI=1S/C24H25F3N4O3/c1-14-11-19(15(2)34-21-8-7-16(12-28-21)24(25,26)27)31(13-14)23(32)22-17(18-9-10-29-30-18)5-4-6-20(22)33-3/h4-10,12,14-15,19H,11,13H2,1-3H3,(H,29,30). The van der Waals surface area contributed by atoms with Crippen molar-refractivity contribution in [3.05, 3.63) is 59.9 Å². The van der Waals surface area contributed by atoms with Gasteiger partial charge in [-0.1, -0.05) is 19.1 Å². The molecule has 1 saturated heterocycles. The van der Waals surface area contributed by atoms with Crippen molar-refractivity contribution in [1.82, 2.24) is 20.1 Å². The molecule has 0 aliphatic carbocycles. The van der Waals surface area contributed by atoms with Crippen molar-refractivity contribution < 1.29 is 27.4 Å². The van der Waals surface area contributed by atoms with Crippen LogP contribution in [0, 0.1) is 5.92 Å². The van der Waals surface area contributed by atoms with Gasteiger partial charge >= 0.3 is 6.18 Å². The third-order valence-electron chi connectivity index (χ3n) is 5.98. The molecule has 1 N–H and O–H groups in total. The van der Waals surface area contributed by atoms with Gasteiger partial charge in [0.15, 0.2) is 0 Å². The van der Waals surface area contributed by atoms with E-state index in [1.807, 2.05) is 13.0 Å². The molecule has 1 aromatic carbocycles. The van der Waals surface area contributed by atoms with E-state index in [4.69, 9.17) is 9.47 Å². The molecule has 0 radical (unpaired) electrons. The molecular weight excluding hydrogens is 449 g/mol. The van der Waals surface area contributed by atoms with Crippen LogP contribution >= 0.6 is 0 Å². The summed E-state index contributed by atoms with van der Waals surface area (Å²) in [6.45, 7) is 4.35. The molecule has 0 saturated carbocycles. The molecule has 3 unspecified atom stereocenters. The van der Waals surface area contributed by atoms with Gasteiger partial charge in [-0.15, -0.1) is 0 Å². The molecule has 0 bridgehead atoms. The number of amides is 1. The second kappa shape index (κ2) is 9.36. The molecule has 2 aromatic heterocycles. The monoisotopic (exact) mass is 474 g/mol. The van der Waals surface area contributed by atoms with Crippen molar-refractivity contribution in [1.29, 1.82) is 0 Å². The van der Waals surface area contributed by atoms with Gasteiger partial charge in [0, 0.05) is 30.6 Å². The van der Waals surface area contributed by atoms with Crippen LogP contribution in [-0.2, 0) is 6.18 Å². The zero-order chi connectivity index (χ0) is 24.5. The molecule has 34 heavy (non-hydrogen) atoms. The molecule has 1 amide bonds. The number of alkyl halides is 3. The third-order valence-corrected chi connectivity index (χ3v) is 5.98. The van der Waals surface area contributed by atoms with Crippen LogP contribution in [-0.4, -0.2) is 51.8 Å².